The topological polar surface area (TPSA) is 93.0 Å². The number of benzene rings is 1. The predicted molar refractivity (Wildman–Crippen MR) is 79.8 cm³/mol. The molecule has 6 heteroatoms. The average molecular weight is 288 g/mol. The number of carbonyl (C=O) groups excluding carboxylic acids is 1. The lowest BCUT2D eigenvalue weighted by Gasteiger charge is -2.09. The van der Waals surface area contributed by atoms with E-state index in [0.29, 0.717) is 6.54 Å². The van der Waals surface area contributed by atoms with Crippen molar-refractivity contribution in [2.24, 2.45) is 11.7 Å². The summed E-state index contributed by atoms with van der Waals surface area (Å²) in [5.74, 6) is 1.64. The molecule has 0 bridgehead atoms. The molecular weight excluding hydrogens is 268 g/mol. The highest BCUT2D eigenvalue weighted by atomic mass is 16.5. The second kappa shape index (κ2) is 5.73. The van der Waals surface area contributed by atoms with Crippen LogP contribution in [0.1, 0.15) is 25.1 Å². The molecule has 1 fully saturated rings. The van der Waals surface area contributed by atoms with Crippen molar-refractivity contribution in [1.82, 2.24) is 15.3 Å². The fourth-order valence-electron chi connectivity index (χ4n) is 2.82. The first-order valence-electron chi connectivity index (χ1n) is 7.21. The molecule has 2 aromatic rings. The van der Waals surface area contributed by atoms with E-state index in [9.17, 15) is 4.79 Å². The van der Waals surface area contributed by atoms with Crippen molar-refractivity contribution in [2.75, 3.05) is 7.11 Å². The summed E-state index contributed by atoms with van der Waals surface area (Å²) in [7, 11) is 1.63. The van der Waals surface area contributed by atoms with E-state index >= 15 is 0 Å². The van der Waals surface area contributed by atoms with Crippen molar-refractivity contribution in [3.63, 3.8) is 0 Å². The Morgan fingerprint density at radius 1 is 1.52 bits per heavy atom. The van der Waals surface area contributed by atoms with Crippen LogP contribution in [0.2, 0.25) is 0 Å². The summed E-state index contributed by atoms with van der Waals surface area (Å²) in [6, 6.07) is 5.82. The van der Waals surface area contributed by atoms with E-state index in [-0.39, 0.29) is 17.9 Å². The van der Waals surface area contributed by atoms with Crippen molar-refractivity contribution in [3.8, 4) is 5.75 Å². The Labute approximate surface area is 123 Å². The van der Waals surface area contributed by atoms with Gasteiger partial charge in [-0.2, -0.15) is 0 Å². The summed E-state index contributed by atoms with van der Waals surface area (Å²) in [5, 5.41) is 2.93. The quantitative estimate of drug-likeness (QED) is 0.791. The number of rotatable bonds is 4. The van der Waals surface area contributed by atoms with Gasteiger partial charge in [0.25, 0.3) is 0 Å². The van der Waals surface area contributed by atoms with Crippen molar-refractivity contribution in [2.45, 2.75) is 31.8 Å². The number of nitrogens with two attached hydrogens (primary N) is 1. The molecule has 1 aliphatic carbocycles. The summed E-state index contributed by atoms with van der Waals surface area (Å²) in [6.07, 6.45) is 2.59. The van der Waals surface area contributed by atoms with Gasteiger partial charge < -0.3 is 20.8 Å². The lowest BCUT2D eigenvalue weighted by Crippen LogP contribution is -2.30. The Balaban J connectivity index is 1.63. The molecule has 2 atom stereocenters. The third-order valence-electron chi connectivity index (χ3n) is 4.01. The van der Waals surface area contributed by atoms with Gasteiger partial charge in [0.05, 0.1) is 24.7 Å². The number of nitrogens with zero attached hydrogens (tertiary/aromatic N) is 1. The second-order valence-corrected chi connectivity index (χ2v) is 5.55. The number of aromatic amines is 1. The van der Waals surface area contributed by atoms with Crippen LogP contribution in [0.15, 0.2) is 18.2 Å². The summed E-state index contributed by atoms with van der Waals surface area (Å²) in [6.45, 7) is 0.404. The number of hydrogen-bond acceptors (Lipinski definition) is 4. The maximum atomic E-state index is 12.1. The van der Waals surface area contributed by atoms with Crippen molar-refractivity contribution in [1.29, 1.82) is 0 Å². The molecule has 0 radical (unpaired) electrons. The van der Waals surface area contributed by atoms with E-state index in [0.717, 1.165) is 41.9 Å². The maximum Gasteiger partial charge on any atom is 0.223 e. The van der Waals surface area contributed by atoms with E-state index in [2.05, 4.69) is 15.3 Å². The van der Waals surface area contributed by atoms with E-state index < -0.39 is 0 Å². The van der Waals surface area contributed by atoms with E-state index in [1.807, 2.05) is 18.2 Å². The number of H-pyrrole nitrogens is 1. The molecular formula is C15H20N4O2. The molecule has 1 heterocycles. The number of fused-ring (bicyclic) bond motifs is 1. The van der Waals surface area contributed by atoms with Crippen LogP contribution in [-0.2, 0) is 11.3 Å². The minimum Gasteiger partial charge on any atom is -0.497 e. The van der Waals surface area contributed by atoms with E-state index in [1.165, 1.54) is 0 Å². The molecule has 2 unspecified atom stereocenters. The fourth-order valence-corrected chi connectivity index (χ4v) is 2.82. The highest BCUT2D eigenvalue weighted by molar-refractivity contribution is 5.79. The Morgan fingerprint density at radius 3 is 3.10 bits per heavy atom. The van der Waals surface area contributed by atoms with Gasteiger partial charge in [-0.15, -0.1) is 0 Å². The van der Waals surface area contributed by atoms with Gasteiger partial charge in [0.2, 0.25) is 5.91 Å². The molecule has 6 nitrogen and oxygen atoms in total. The smallest absolute Gasteiger partial charge is 0.223 e. The lowest BCUT2D eigenvalue weighted by molar-refractivity contribution is -0.125. The zero-order valence-electron chi connectivity index (χ0n) is 12.1. The highest BCUT2D eigenvalue weighted by Crippen LogP contribution is 2.24. The Bertz CT molecular complexity index is 652. The number of carbonyl (C=O) groups is 1. The summed E-state index contributed by atoms with van der Waals surface area (Å²) in [5.41, 5.74) is 7.61. The first kappa shape index (κ1) is 13.9. The standard InChI is InChI=1S/C15H20N4O2/c1-21-11-4-5-12-13(7-11)19-14(18-12)8-17-15(20)9-2-3-10(16)6-9/h4-5,7,9-10H,2-3,6,8,16H2,1H3,(H,17,20)(H,18,19). The minimum atomic E-state index is 0.0458. The van der Waals surface area contributed by atoms with Gasteiger partial charge in [-0.3, -0.25) is 4.79 Å². The van der Waals surface area contributed by atoms with Crippen LogP contribution in [0.5, 0.6) is 5.75 Å². The van der Waals surface area contributed by atoms with Crippen LogP contribution in [-0.4, -0.2) is 29.0 Å². The van der Waals surface area contributed by atoms with Gasteiger partial charge in [0.15, 0.2) is 0 Å². The van der Waals surface area contributed by atoms with Gasteiger partial charge >= 0.3 is 0 Å². The van der Waals surface area contributed by atoms with Crippen LogP contribution in [0.3, 0.4) is 0 Å². The molecule has 1 aliphatic rings. The molecule has 0 spiro atoms. The molecule has 1 aromatic carbocycles. The predicted octanol–water partition coefficient (Wildman–Crippen LogP) is 1.32. The average Bonchev–Trinajstić information content (AvgIpc) is 3.09. The zero-order chi connectivity index (χ0) is 14.8. The number of imidazole rings is 1. The molecule has 1 aromatic heterocycles. The second-order valence-electron chi connectivity index (χ2n) is 5.55. The van der Waals surface area contributed by atoms with Gasteiger partial charge in [-0.05, 0) is 31.4 Å². The minimum absolute atomic E-state index is 0.0458. The molecule has 3 rings (SSSR count). The number of amides is 1. The Hall–Kier alpha value is -2.08. The van der Waals surface area contributed by atoms with Crippen molar-refractivity contribution < 1.29 is 9.53 Å². The van der Waals surface area contributed by atoms with Crippen LogP contribution in [0.25, 0.3) is 11.0 Å². The highest BCUT2D eigenvalue weighted by Gasteiger charge is 2.27. The number of nitrogens with one attached hydrogen (secondary N) is 2. The zero-order valence-corrected chi connectivity index (χ0v) is 12.1. The molecule has 0 aliphatic heterocycles. The number of aromatic nitrogens is 2. The Morgan fingerprint density at radius 2 is 2.38 bits per heavy atom. The van der Waals surface area contributed by atoms with Crippen LogP contribution in [0.4, 0.5) is 0 Å². The largest absolute Gasteiger partial charge is 0.497 e. The molecule has 21 heavy (non-hydrogen) atoms. The van der Waals surface area contributed by atoms with Crippen molar-refractivity contribution >= 4 is 16.9 Å². The van der Waals surface area contributed by atoms with Gasteiger partial charge in [0, 0.05) is 18.0 Å². The first-order valence-corrected chi connectivity index (χ1v) is 7.21. The van der Waals surface area contributed by atoms with Crippen LogP contribution >= 0.6 is 0 Å². The maximum absolute atomic E-state index is 12.1. The van der Waals surface area contributed by atoms with E-state index in [4.69, 9.17) is 10.5 Å². The van der Waals surface area contributed by atoms with Crippen LogP contribution < -0.4 is 15.8 Å². The lowest BCUT2D eigenvalue weighted by atomic mass is 10.1. The van der Waals surface area contributed by atoms with Gasteiger partial charge in [-0.1, -0.05) is 0 Å². The SMILES string of the molecule is COc1ccc2nc(CNC(=O)C3CCC(N)C3)[nH]c2c1. The summed E-state index contributed by atoms with van der Waals surface area (Å²) in [4.78, 5) is 19.7. The number of methoxy groups -OCH3 is 1. The molecule has 0 saturated heterocycles. The molecule has 112 valence electrons. The van der Waals surface area contributed by atoms with Gasteiger partial charge in [0.1, 0.15) is 11.6 Å². The third-order valence-corrected chi connectivity index (χ3v) is 4.01. The number of ether oxygens (including phenoxy) is 1. The monoisotopic (exact) mass is 288 g/mol. The number of hydrogen-bond donors (Lipinski definition) is 3. The molecule has 1 saturated carbocycles. The Kier molecular flexibility index (Phi) is 3.79. The summed E-state index contributed by atoms with van der Waals surface area (Å²) < 4.78 is 5.18. The van der Waals surface area contributed by atoms with Crippen LogP contribution in [0, 0.1) is 5.92 Å². The normalized spacial score (nSPS) is 21.6. The first-order chi connectivity index (χ1) is 10.2. The van der Waals surface area contributed by atoms with Gasteiger partial charge in [-0.25, -0.2) is 4.98 Å². The molecule has 4 N–H and O–H groups in total. The fraction of sp³-hybridized carbons (Fsp3) is 0.467. The third kappa shape index (κ3) is 3.00. The molecule has 1 amide bonds. The van der Waals surface area contributed by atoms with E-state index in [1.54, 1.807) is 7.11 Å². The van der Waals surface area contributed by atoms with Crippen molar-refractivity contribution in [3.05, 3.63) is 24.0 Å². The summed E-state index contributed by atoms with van der Waals surface area (Å²) >= 11 is 0.